The molecule has 0 aliphatic carbocycles. The Kier molecular flexibility index (Phi) is 6.23. The van der Waals surface area contributed by atoms with Crippen LogP contribution in [0.15, 0.2) is 46.1 Å². The smallest absolute Gasteiger partial charge is 0.261 e. The van der Waals surface area contributed by atoms with Crippen molar-refractivity contribution in [2.75, 3.05) is 13.1 Å². The van der Waals surface area contributed by atoms with E-state index in [0.29, 0.717) is 36.3 Å². The molecule has 1 saturated heterocycles. The zero-order chi connectivity index (χ0) is 23.0. The van der Waals surface area contributed by atoms with E-state index in [1.807, 2.05) is 64.1 Å². The van der Waals surface area contributed by atoms with E-state index >= 15 is 0 Å². The minimum atomic E-state index is -3.53. The first kappa shape index (κ1) is 22.7. The largest absolute Gasteiger partial charge is 0.296 e. The van der Waals surface area contributed by atoms with Gasteiger partial charge in [-0.25, -0.2) is 13.4 Å². The molecule has 6 nitrogen and oxygen atoms in total. The number of piperidine rings is 1. The molecule has 0 atom stereocenters. The zero-order valence-electron chi connectivity index (χ0n) is 19.3. The molecule has 0 unspecified atom stereocenters. The van der Waals surface area contributed by atoms with Crippen molar-refractivity contribution in [3.05, 3.63) is 69.3 Å². The van der Waals surface area contributed by atoms with Gasteiger partial charge in [-0.15, -0.1) is 0 Å². The van der Waals surface area contributed by atoms with Gasteiger partial charge in [-0.2, -0.15) is 4.31 Å². The minimum Gasteiger partial charge on any atom is -0.296 e. The molecule has 0 radical (unpaired) electrons. The maximum Gasteiger partial charge on any atom is 0.261 e. The number of benzene rings is 2. The molecule has 1 aromatic heterocycles. The van der Waals surface area contributed by atoms with E-state index in [-0.39, 0.29) is 11.5 Å². The summed E-state index contributed by atoms with van der Waals surface area (Å²) in [5.41, 5.74) is 3.39. The lowest BCUT2D eigenvalue weighted by Crippen LogP contribution is -2.40. The van der Waals surface area contributed by atoms with Crippen LogP contribution in [0.5, 0.6) is 0 Å². The van der Waals surface area contributed by atoms with Gasteiger partial charge in [0.25, 0.3) is 5.56 Å². The average Bonchev–Trinajstić information content (AvgIpc) is 2.75. The molecule has 1 aliphatic heterocycles. The van der Waals surface area contributed by atoms with E-state index in [0.717, 1.165) is 40.9 Å². The van der Waals surface area contributed by atoms with E-state index < -0.39 is 10.0 Å². The highest BCUT2D eigenvalue weighted by molar-refractivity contribution is 7.89. The van der Waals surface area contributed by atoms with Crippen LogP contribution in [0, 0.1) is 26.7 Å². The van der Waals surface area contributed by atoms with Crippen LogP contribution in [0.4, 0.5) is 0 Å². The molecular formula is C25H31N3O3S. The summed E-state index contributed by atoms with van der Waals surface area (Å²) in [5, 5.41) is 0.634. The van der Waals surface area contributed by atoms with Crippen molar-refractivity contribution in [1.29, 1.82) is 0 Å². The Hall–Kier alpha value is -2.51. The molecule has 2 aromatic carbocycles. The van der Waals surface area contributed by atoms with Crippen molar-refractivity contribution >= 4 is 20.9 Å². The van der Waals surface area contributed by atoms with Gasteiger partial charge in [0.15, 0.2) is 0 Å². The van der Waals surface area contributed by atoms with Crippen LogP contribution >= 0.6 is 0 Å². The summed E-state index contributed by atoms with van der Waals surface area (Å²) in [4.78, 5) is 18.2. The van der Waals surface area contributed by atoms with Gasteiger partial charge in [0, 0.05) is 26.1 Å². The van der Waals surface area contributed by atoms with Crippen LogP contribution in [0.2, 0.25) is 0 Å². The molecule has 3 aromatic rings. The summed E-state index contributed by atoms with van der Waals surface area (Å²) < 4.78 is 30.1. The number of hydrogen-bond acceptors (Lipinski definition) is 4. The SMILES string of the molecule is CCc1nc2ccccc2c(=O)n1CC1CCN(S(=O)(=O)c2c(C)cc(C)cc2C)CC1. The van der Waals surface area contributed by atoms with Gasteiger partial charge in [0.05, 0.1) is 15.8 Å². The Morgan fingerprint density at radius 1 is 1.03 bits per heavy atom. The Balaban J connectivity index is 1.54. The van der Waals surface area contributed by atoms with Gasteiger partial charge in [0.1, 0.15) is 5.82 Å². The molecule has 0 bridgehead atoms. The highest BCUT2D eigenvalue weighted by atomic mass is 32.2. The molecule has 32 heavy (non-hydrogen) atoms. The normalized spacial score (nSPS) is 16.0. The van der Waals surface area contributed by atoms with Gasteiger partial charge >= 0.3 is 0 Å². The number of para-hydroxylation sites is 1. The van der Waals surface area contributed by atoms with Crippen LogP contribution < -0.4 is 5.56 Å². The summed E-state index contributed by atoms with van der Waals surface area (Å²) in [5.74, 6) is 1.03. The average molecular weight is 454 g/mol. The summed E-state index contributed by atoms with van der Waals surface area (Å²) in [7, 11) is -3.53. The van der Waals surface area contributed by atoms with Crippen molar-refractivity contribution < 1.29 is 8.42 Å². The summed E-state index contributed by atoms with van der Waals surface area (Å²) in [6.07, 6.45) is 2.14. The fourth-order valence-electron chi connectivity index (χ4n) is 4.97. The highest BCUT2D eigenvalue weighted by Crippen LogP contribution is 2.29. The third-order valence-corrected chi connectivity index (χ3v) is 8.68. The first-order chi connectivity index (χ1) is 15.2. The molecule has 0 spiro atoms. The second-order valence-corrected chi connectivity index (χ2v) is 10.8. The number of fused-ring (bicyclic) bond motifs is 1. The lowest BCUT2D eigenvalue weighted by molar-refractivity contribution is 0.249. The first-order valence-electron chi connectivity index (χ1n) is 11.3. The number of sulfonamides is 1. The molecule has 0 N–H and O–H groups in total. The van der Waals surface area contributed by atoms with E-state index in [1.165, 1.54) is 0 Å². The molecule has 1 aliphatic rings. The Labute approximate surface area is 190 Å². The van der Waals surface area contributed by atoms with E-state index in [4.69, 9.17) is 4.98 Å². The molecule has 7 heteroatoms. The maximum atomic E-state index is 13.4. The predicted octanol–water partition coefficient (Wildman–Crippen LogP) is 3.99. The van der Waals surface area contributed by atoms with Gasteiger partial charge in [-0.05, 0) is 62.8 Å². The van der Waals surface area contributed by atoms with Gasteiger partial charge in [-0.3, -0.25) is 9.36 Å². The lowest BCUT2D eigenvalue weighted by atomic mass is 9.98. The van der Waals surface area contributed by atoms with Crippen molar-refractivity contribution in [3.8, 4) is 0 Å². The lowest BCUT2D eigenvalue weighted by Gasteiger charge is -2.32. The number of nitrogens with zero attached hydrogens (tertiary/aromatic N) is 3. The Bertz CT molecular complexity index is 1300. The molecule has 1 fully saturated rings. The quantitative estimate of drug-likeness (QED) is 0.586. The van der Waals surface area contributed by atoms with Crippen molar-refractivity contribution in [3.63, 3.8) is 0 Å². The van der Waals surface area contributed by atoms with Crippen LogP contribution in [0.25, 0.3) is 10.9 Å². The highest BCUT2D eigenvalue weighted by Gasteiger charge is 2.32. The second-order valence-electron chi connectivity index (χ2n) is 8.89. The van der Waals surface area contributed by atoms with Gasteiger partial charge in [0.2, 0.25) is 10.0 Å². The second kappa shape index (κ2) is 8.79. The minimum absolute atomic E-state index is 0.00611. The molecule has 0 amide bonds. The number of aromatic nitrogens is 2. The Morgan fingerprint density at radius 2 is 1.66 bits per heavy atom. The molecular weight excluding hydrogens is 422 g/mol. The summed E-state index contributed by atoms with van der Waals surface area (Å²) in [6, 6.07) is 11.3. The number of rotatable bonds is 5. The van der Waals surface area contributed by atoms with Crippen LogP contribution in [-0.4, -0.2) is 35.4 Å². The third kappa shape index (κ3) is 4.11. The summed E-state index contributed by atoms with van der Waals surface area (Å²) in [6.45, 7) is 9.24. The van der Waals surface area contributed by atoms with Gasteiger partial charge < -0.3 is 0 Å². The topological polar surface area (TPSA) is 72.3 Å². The van der Waals surface area contributed by atoms with E-state index in [1.54, 1.807) is 8.87 Å². The molecule has 0 saturated carbocycles. The fourth-order valence-corrected chi connectivity index (χ4v) is 6.85. The van der Waals surface area contributed by atoms with Crippen LogP contribution in [-0.2, 0) is 23.0 Å². The third-order valence-electron chi connectivity index (χ3n) is 6.47. The Morgan fingerprint density at radius 3 is 2.28 bits per heavy atom. The number of hydrogen-bond donors (Lipinski definition) is 0. The molecule has 4 rings (SSSR count). The van der Waals surface area contributed by atoms with Crippen LogP contribution in [0.3, 0.4) is 0 Å². The van der Waals surface area contributed by atoms with Crippen LogP contribution in [0.1, 0.15) is 42.3 Å². The maximum absolute atomic E-state index is 13.4. The van der Waals surface area contributed by atoms with Gasteiger partial charge in [-0.1, -0.05) is 36.8 Å². The standard InChI is InChI=1S/C25H31N3O3S/c1-5-23-26-22-9-7-6-8-21(22)25(29)28(23)16-20-10-12-27(13-11-20)32(30,31)24-18(3)14-17(2)15-19(24)4/h6-9,14-15,20H,5,10-13,16H2,1-4H3. The molecule has 170 valence electrons. The monoisotopic (exact) mass is 453 g/mol. The number of aryl methyl sites for hydroxylation is 4. The molecule has 2 heterocycles. The fraction of sp³-hybridized carbons (Fsp3) is 0.440. The van der Waals surface area contributed by atoms with Crippen molar-refractivity contribution in [2.24, 2.45) is 5.92 Å². The van der Waals surface area contributed by atoms with E-state index in [2.05, 4.69) is 0 Å². The van der Waals surface area contributed by atoms with Crippen molar-refractivity contribution in [1.82, 2.24) is 13.9 Å². The van der Waals surface area contributed by atoms with Crippen molar-refractivity contribution in [2.45, 2.75) is 58.4 Å². The first-order valence-corrected chi connectivity index (χ1v) is 12.7. The summed E-state index contributed by atoms with van der Waals surface area (Å²) >= 11 is 0. The van der Waals surface area contributed by atoms with E-state index in [9.17, 15) is 13.2 Å². The zero-order valence-corrected chi connectivity index (χ0v) is 20.1. The predicted molar refractivity (Wildman–Crippen MR) is 128 cm³/mol.